The fraction of sp³-hybridized carbons (Fsp3) is 0.385. The Balaban J connectivity index is 2.08. The number of hydrogen-bond acceptors (Lipinski definition) is 4. The quantitative estimate of drug-likeness (QED) is 0.900. The average Bonchev–Trinajstić information content (AvgIpc) is 2.77. The molecule has 6 heteroatoms. The van der Waals surface area contributed by atoms with Gasteiger partial charge in [-0.15, -0.1) is 10.2 Å². The van der Waals surface area contributed by atoms with Gasteiger partial charge in [-0.05, 0) is 34.1 Å². The highest BCUT2D eigenvalue weighted by atomic mass is 79.9. The second-order valence-electron chi connectivity index (χ2n) is 4.48. The first-order chi connectivity index (χ1) is 9.06. The van der Waals surface area contributed by atoms with Crippen LogP contribution in [0.2, 0.25) is 0 Å². The molecule has 0 atom stereocenters. The predicted octanol–water partition coefficient (Wildman–Crippen LogP) is 3.65. The molecule has 0 saturated heterocycles. The molecule has 0 fully saturated rings. The summed E-state index contributed by atoms with van der Waals surface area (Å²) < 4.78 is 13.7. The first kappa shape index (κ1) is 14.6. The van der Waals surface area contributed by atoms with Crippen molar-refractivity contribution in [3.05, 3.63) is 33.5 Å². The Morgan fingerprint density at radius 2 is 2.16 bits per heavy atom. The van der Waals surface area contributed by atoms with Crippen LogP contribution < -0.4 is 5.32 Å². The van der Waals surface area contributed by atoms with Gasteiger partial charge in [-0.2, -0.15) is 0 Å². The molecular formula is C13H15BrFN3S. The third kappa shape index (κ3) is 4.06. The van der Waals surface area contributed by atoms with E-state index in [-0.39, 0.29) is 5.82 Å². The minimum absolute atomic E-state index is 0.263. The maximum atomic E-state index is 13.0. The summed E-state index contributed by atoms with van der Waals surface area (Å²) in [6.07, 6.45) is 0.856. The molecule has 2 aromatic rings. The molecule has 0 amide bonds. The molecule has 19 heavy (non-hydrogen) atoms. The number of nitrogens with zero attached hydrogens (tertiary/aromatic N) is 2. The largest absolute Gasteiger partial charge is 0.314 e. The Morgan fingerprint density at radius 1 is 1.37 bits per heavy atom. The maximum absolute atomic E-state index is 13.0. The van der Waals surface area contributed by atoms with Crippen molar-refractivity contribution in [2.24, 2.45) is 0 Å². The van der Waals surface area contributed by atoms with E-state index in [1.54, 1.807) is 17.4 Å². The number of benzene rings is 1. The summed E-state index contributed by atoms with van der Waals surface area (Å²) in [5, 5.41) is 13.5. The molecule has 102 valence electrons. The zero-order valence-corrected chi connectivity index (χ0v) is 13.2. The minimum atomic E-state index is -0.263. The summed E-state index contributed by atoms with van der Waals surface area (Å²) in [6.45, 7) is 5.11. The van der Waals surface area contributed by atoms with Gasteiger partial charge in [0.25, 0.3) is 0 Å². The maximum Gasteiger partial charge on any atom is 0.148 e. The molecule has 2 rings (SSSR count). The van der Waals surface area contributed by atoms with Crippen LogP contribution in [0.25, 0.3) is 10.6 Å². The van der Waals surface area contributed by atoms with E-state index in [0.717, 1.165) is 28.5 Å². The van der Waals surface area contributed by atoms with Crippen LogP contribution in [0.3, 0.4) is 0 Å². The Morgan fingerprint density at radius 3 is 2.84 bits per heavy atom. The topological polar surface area (TPSA) is 37.8 Å². The highest BCUT2D eigenvalue weighted by molar-refractivity contribution is 9.10. The van der Waals surface area contributed by atoms with Crippen LogP contribution in [0.15, 0.2) is 22.7 Å². The van der Waals surface area contributed by atoms with Crippen molar-refractivity contribution in [1.29, 1.82) is 0 Å². The molecule has 0 spiro atoms. The molecule has 1 aromatic carbocycles. The fourth-order valence-electron chi connectivity index (χ4n) is 1.59. The van der Waals surface area contributed by atoms with Crippen LogP contribution in [0.4, 0.5) is 4.39 Å². The molecule has 0 bridgehead atoms. The van der Waals surface area contributed by atoms with Crippen LogP contribution >= 0.6 is 27.3 Å². The lowest BCUT2D eigenvalue weighted by atomic mass is 10.2. The predicted molar refractivity (Wildman–Crippen MR) is 79.8 cm³/mol. The molecular weight excluding hydrogens is 329 g/mol. The molecule has 1 aromatic heterocycles. The van der Waals surface area contributed by atoms with E-state index in [2.05, 4.69) is 45.3 Å². The van der Waals surface area contributed by atoms with E-state index in [1.165, 1.54) is 12.1 Å². The average molecular weight is 344 g/mol. The standard InChI is InChI=1S/C13H15BrFN3S/c1-8(2)16-6-5-12-17-18-13(19-12)10-4-3-9(15)7-11(10)14/h3-4,7-8,16H,5-6H2,1-2H3. The fourth-order valence-corrected chi connectivity index (χ4v) is 3.14. The summed E-state index contributed by atoms with van der Waals surface area (Å²) in [5.41, 5.74) is 0.877. The zero-order chi connectivity index (χ0) is 13.8. The van der Waals surface area contributed by atoms with Gasteiger partial charge in [-0.1, -0.05) is 25.2 Å². The molecule has 1 heterocycles. The Bertz CT molecular complexity index is 557. The summed E-state index contributed by atoms with van der Waals surface area (Å²) in [5.74, 6) is -0.263. The molecule has 0 aliphatic heterocycles. The van der Waals surface area contributed by atoms with Crippen molar-refractivity contribution < 1.29 is 4.39 Å². The van der Waals surface area contributed by atoms with Gasteiger partial charge < -0.3 is 5.32 Å². The van der Waals surface area contributed by atoms with Gasteiger partial charge >= 0.3 is 0 Å². The van der Waals surface area contributed by atoms with Crippen molar-refractivity contribution in [3.8, 4) is 10.6 Å². The molecule has 1 N–H and O–H groups in total. The van der Waals surface area contributed by atoms with Crippen LogP contribution in [0, 0.1) is 5.82 Å². The third-order valence-electron chi connectivity index (χ3n) is 2.52. The van der Waals surface area contributed by atoms with E-state index < -0.39 is 0 Å². The summed E-state index contributed by atoms with van der Waals surface area (Å²) in [7, 11) is 0. The van der Waals surface area contributed by atoms with Crippen molar-refractivity contribution in [1.82, 2.24) is 15.5 Å². The summed E-state index contributed by atoms with van der Waals surface area (Å²) in [6, 6.07) is 5.06. The number of halogens is 2. The van der Waals surface area contributed by atoms with Crippen molar-refractivity contribution in [2.45, 2.75) is 26.3 Å². The van der Waals surface area contributed by atoms with Crippen LogP contribution in [0.5, 0.6) is 0 Å². The van der Waals surface area contributed by atoms with E-state index >= 15 is 0 Å². The number of rotatable bonds is 5. The summed E-state index contributed by atoms with van der Waals surface area (Å²) in [4.78, 5) is 0. The number of aromatic nitrogens is 2. The van der Waals surface area contributed by atoms with Gasteiger partial charge in [0.05, 0.1) is 0 Å². The smallest absolute Gasteiger partial charge is 0.148 e. The molecule has 0 radical (unpaired) electrons. The van der Waals surface area contributed by atoms with Crippen LogP contribution in [0.1, 0.15) is 18.9 Å². The van der Waals surface area contributed by atoms with E-state index in [4.69, 9.17) is 0 Å². The van der Waals surface area contributed by atoms with Gasteiger partial charge in [0.1, 0.15) is 15.8 Å². The van der Waals surface area contributed by atoms with Crippen LogP contribution in [-0.4, -0.2) is 22.8 Å². The van der Waals surface area contributed by atoms with Crippen molar-refractivity contribution in [2.75, 3.05) is 6.54 Å². The highest BCUT2D eigenvalue weighted by Gasteiger charge is 2.10. The van der Waals surface area contributed by atoms with Gasteiger partial charge in [-0.25, -0.2) is 4.39 Å². The molecule has 0 aliphatic carbocycles. The van der Waals surface area contributed by atoms with Crippen molar-refractivity contribution >= 4 is 27.3 Å². The monoisotopic (exact) mass is 343 g/mol. The van der Waals surface area contributed by atoms with Crippen molar-refractivity contribution in [3.63, 3.8) is 0 Å². The van der Waals surface area contributed by atoms with E-state index in [1.807, 2.05) is 0 Å². The van der Waals surface area contributed by atoms with Crippen LogP contribution in [-0.2, 0) is 6.42 Å². The minimum Gasteiger partial charge on any atom is -0.314 e. The molecule has 0 saturated carbocycles. The summed E-state index contributed by atoms with van der Waals surface area (Å²) >= 11 is 4.89. The SMILES string of the molecule is CC(C)NCCc1nnc(-c2ccc(F)cc2Br)s1. The van der Waals surface area contributed by atoms with E-state index in [9.17, 15) is 4.39 Å². The lowest BCUT2D eigenvalue weighted by Gasteiger charge is -2.05. The van der Waals surface area contributed by atoms with E-state index in [0.29, 0.717) is 10.5 Å². The highest BCUT2D eigenvalue weighted by Crippen LogP contribution is 2.31. The molecule has 3 nitrogen and oxygen atoms in total. The molecule has 0 unspecified atom stereocenters. The lowest BCUT2D eigenvalue weighted by Crippen LogP contribution is -2.24. The number of hydrogen-bond donors (Lipinski definition) is 1. The zero-order valence-electron chi connectivity index (χ0n) is 10.8. The Labute approximate surface area is 124 Å². The first-order valence-electron chi connectivity index (χ1n) is 6.07. The number of nitrogens with one attached hydrogen (secondary N) is 1. The normalized spacial score (nSPS) is 11.2. The second-order valence-corrected chi connectivity index (χ2v) is 6.40. The van der Waals surface area contributed by atoms with Gasteiger partial charge in [0.2, 0.25) is 0 Å². The first-order valence-corrected chi connectivity index (χ1v) is 7.68. The molecule has 0 aliphatic rings. The second kappa shape index (κ2) is 6.54. The van der Waals surface area contributed by atoms with Gasteiger partial charge in [0.15, 0.2) is 0 Å². The third-order valence-corrected chi connectivity index (χ3v) is 4.19. The lowest BCUT2D eigenvalue weighted by molar-refractivity contribution is 0.588. The van der Waals surface area contributed by atoms with Gasteiger partial charge in [-0.3, -0.25) is 0 Å². The van der Waals surface area contributed by atoms with Gasteiger partial charge in [0, 0.05) is 29.0 Å². The Kier molecular flexibility index (Phi) is 5.01. The Hall–Kier alpha value is -0.850.